The predicted molar refractivity (Wildman–Crippen MR) is 134 cm³/mol. The summed E-state index contributed by atoms with van der Waals surface area (Å²) in [6.07, 6.45) is 5.13. The van der Waals surface area contributed by atoms with Crippen LogP contribution >= 0.6 is 0 Å². The van der Waals surface area contributed by atoms with Crippen molar-refractivity contribution in [3.05, 3.63) is 71.8 Å². The van der Waals surface area contributed by atoms with Crippen LogP contribution in [-0.4, -0.2) is 59.5 Å². The minimum Gasteiger partial charge on any atom is -0.459 e. The lowest BCUT2D eigenvalue weighted by atomic mass is 9.78. The van der Waals surface area contributed by atoms with E-state index in [4.69, 9.17) is 9.47 Å². The van der Waals surface area contributed by atoms with Crippen molar-refractivity contribution < 1.29 is 23.9 Å². The molecule has 0 aromatic heterocycles. The molecule has 2 saturated heterocycles. The lowest BCUT2D eigenvalue weighted by molar-refractivity contribution is -0.141. The van der Waals surface area contributed by atoms with Gasteiger partial charge in [-0.2, -0.15) is 0 Å². The third-order valence-electron chi connectivity index (χ3n) is 7.95. The molecule has 2 heterocycles. The lowest BCUT2D eigenvalue weighted by Gasteiger charge is -2.40. The Morgan fingerprint density at radius 2 is 1.58 bits per heavy atom. The third kappa shape index (κ3) is 5.25. The second-order valence-electron chi connectivity index (χ2n) is 10.3. The van der Waals surface area contributed by atoms with Crippen molar-refractivity contribution in [2.24, 2.45) is 5.41 Å². The molecule has 7 heteroatoms. The van der Waals surface area contributed by atoms with E-state index in [1.807, 2.05) is 53.4 Å². The van der Waals surface area contributed by atoms with Crippen LogP contribution in [0.15, 0.2) is 60.7 Å². The maximum absolute atomic E-state index is 13.6. The number of ether oxygens (including phenoxy) is 2. The SMILES string of the molecule is O=C(O[C@H]1CC[C@@H](N2CC[C@]3(CCCN(C(=O)OCc4ccccc4)C3)C2=O)CC1)c1ccccc1. The first-order chi connectivity index (χ1) is 17.5. The van der Waals surface area contributed by atoms with E-state index >= 15 is 0 Å². The number of hydrogen-bond donors (Lipinski definition) is 0. The van der Waals surface area contributed by atoms with Gasteiger partial charge < -0.3 is 19.3 Å². The van der Waals surface area contributed by atoms with Crippen LogP contribution in [0, 0.1) is 5.41 Å². The van der Waals surface area contributed by atoms with Crippen LogP contribution in [0.2, 0.25) is 0 Å². The first-order valence-corrected chi connectivity index (χ1v) is 13.1. The van der Waals surface area contributed by atoms with Gasteiger partial charge in [-0.25, -0.2) is 9.59 Å². The molecule has 3 aliphatic rings. The molecule has 7 nitrogen and oxygen atoms in total. The first kappa shape index (κ1) is 24.3. The molecule has 1 aliphatic carbocycles. The summed E-state index contributed by atoms with van der Waals surface area (Å²) in [4.78, 5) is 42.5. The van der Waals surface area contributed by atoms with Gasteiger partial charge in [0.25, 0.3) is 0 Å². The normalized spacial score (nSPS) is 26.2. The Hall–Kier alpha value is -3.35. The maximum atomic E-state index is 13.6. The van der Waals surface area contributed by atoms with Gasteiger partial charge in [0.15, 0.2) is 0 Å². The molecule has 1 atom stereocenters. The Kier molecular flexibility index (Phi) is 7.25. The molecule has 36 heavy (non-hydrogen) atoms. The number of esters is 1. The van der Waals surface area contributed by atoms with Gasteiger partial charge in [-0.05, 0) is 62.6 Å². The van der Waals surface area contributed by atoms with Crippen molar-refractivity contribution in [3.8, 4) is 0 Å². The number of hydrogen-bond acceptors (Lipinski definition) is 5. The summed E-state index contributed by atoms with van der Waals surface area (Å²) in [6.45, 7) is 2.02. The van der Waals surface area contributed by atoms with Crippen LogP contribution in [0.3, 0.4) is 0 Å². The number of carbonyl (C=O) groups is 3. The van der Waals surface area contributed by atoms with Crippen molar-refractivity contribution >= 4 is 18.0 Å². The predicted octanol–water partition coefficient (Wildman–Crippen LogP) is 4.81. The summed E-state index contributed by atoms with van der Waals surface area (Å²) in [5.41, 5.74) is 1.02. The smallest absolute Gasteiger partial charge is 0.410 e. The summed E-state index contributed by atoms with van der Waals surface area (Å²) in [5.74, 6) is -0.107. The van der Waals surface area contributed by atoms with E-state index in [0.29, 0.717) is 18.7 Å². The van der Waals surface area contributed by atoms with Gasteiger partial charge in [0.05, 0.1) is 11.0 Å². The van der Waals surface area contributed by atoms with E-state index in [9.17, 15) is 14.4 Å². The Morgan fingerprint density at radius 3 is 2.31 bits per heavy atom. The molecule has 2 aromatic carbocycles. The Bertz CT molecular complexity index is 1070. The molecule has 0 N–H and O–H groups in total. The highest BCUT2D eigenvalue weighted by atomic mass is 16.6. The second-order valence-corrected chi connectivity index (χ2v) is 10.3. The van der Waals surface area contributed by atoms with E-state index in [0.717, 1.165) is 57.1 Å². The molecule has 0 unspecified atom stereocenters. The van der Waals surface area contributed by atoms with Crippen molar-refractivity contribution in [1.29, 1.82) is 0 Å². The van der Waals surface area contributed by atoms with Crippen LogP contribution in [0.1, 0.15) is 60.9 Å². The summed E-state index contributed by atoms with van der Waals surface area (Å²) in [5, 5.41) is 0. The van der Waals surface area contributed by atoms with Gasteiger partial charge in [0, 0.05) is 25.7 Å². The molecule has 1 saturated carbocycles. The fourth-order valence-electron chi connectivity index (χ4n) is 5.94. The molecule has 2 amide bonds. The van der Waals surface area contributed by atoms with Crippen LogP contribution in [-0.2, 0) is 20.9 Å². The van der Waals surface area contributed by atoms with E-state index < -0.39 is 5.41 Å². The van der Waals surface area contributed by atoms with Crippen molar-refractivity contribution in [2.45, 2.75) is 63.7 Å². The molecule has 1 spiro atoms. The molecular weight excluding hydrogens is 456 g/mol. The van der Waals surface area contributed by atoms with Crippen LogP contribution in [0.4, 0.5) is 4.79 Å². The third-order valence-corrected chi connectivity index (χ3v) is 7.95. The largest absolute Gasteiger partial charge is 0.459 e. The number of benzene rings is 2. The lowest BCUT2D eigenvalue weighted by Crippen LogP contribution is -2.51. The molecular formula is C29H34N2O5. The minimum atomic E-state index is -0.499. The minimum absolute atomic E-state index is 0.106. The Labute approximate surface area is 212 Å². The maximum Gasteiger partial charge on any atom is 0.410 e. The van der Waals surface area contributed by atoms with Gasteiger partial charge in [-0.3, -0.25) is 4.79 Å². The Morgan fingerprint density at radius 1 is 0.889 bits per heavy atom. The fraction of sp³-hybridized carbons (Fsp3) is 0.483. The van der Waals surface area contributed by atoms with Crippen molar-refractivity contribution in [1.82, 2.24) is 9.80 Å². The summed E-state index contributed by atoms with van der Waals surface area (Å²) in [6, 6.07) is 18.9. The number of rotatable bonds is 5. The van der Waals surface area contributed by atoms with E-state index in [1.54, 1.807) is 17.0 Å². The zero-order chi connectivity index (χ0) is 25.0. The number of piperidine rings is 1. The van der Waals surface area contributed by atoms with Gasteiger partial charge >= 0.3 is 12.1 Å². The number of nitrogens with zero attached hydrogens (tertiary/aromatic N) is 2. The van der Waals surface area contributed by atoms with E-state index in [2.05, 4.69) is 0 Å². The first-order valence-electron chi connectivity index (χ1n) is 13.1. The zero-order valence-electron chi connectivity index (χ0n) is 20.6. The average Bonchev–Trinajstić information content (AvgIpc) is 3.23. The molecule has 190 valence electrons. The summed E-state index contributed by atoms with van der Waals surface area (Å²) in [7, 11) is 0. The molecule has 0 radical (unpaired) electrons. The van der Waals surface area contributed by atoms with Gasteiger partial charge in [-0.1, -0.05) is 48.5 Å². The van der Waals surface area contributed by atoms with E-state index in [-0.39, 0.29) is 36.7 Å². The summed E-state index contributed by atoms with van der Waals surface area (Å²) < 4.78 is 11.3. The van der Waals surface area contributed by atoms with Crippen LogP contribution in [0.25, 0.3) is 0 Å². The van der Waals surface area contributed by atoms with E-state index in [1.165, 1.54) is 0 Å². The number of amides is 2. The highest BCUT2D eigenvalue weighted by Gasteiger charge is 2.51. The highest BCUT2D eigenvalue weighted by molar-refractivity contribution is 5.89. The molecule has 0 bridgehead atoms. The molecule has 2 aromatic rings. The molecule has 2 aliphatic heterocycles. The van der Waals surface area contributed by atoms with Crippen LogP contribution in [0.5, 0.6) is 0 Å². The second kappa shape index (κ2) is 10.7. The quantitative estimate of drug-likeness (QED) is 0.563. The highest BCUT2D eigenvalue weighted by Crippen LogP contribution is 2.42. The van der Waals surface area contributed by atoms with Gasteiger partial charge in [0.2, 0.25) is 5.91 Å². The zero-order valence-corrected chi connectivity index (χ0v) is 20.6. The Balaban J connectivity index is 1.13. The molecule has 3 fully saturated rings. The number of carbonyl (C=O) groups excluding carboxylic acids is 3. The standard InChI is InChI=1S/C29H34N2O5/c32-26(23-10-5-2-6-11-23)36-25-14-12-24(13-15-25)31-19-17-29(27(31)33)16-7-18-30(21-29)28(34)35-20-22-8-3-1-4-9-22/h1-6,8-11,24-25H,7,12-21H2/t24-,25+,29-/m0/s1. The monoisotopic (exact) mass is 490 g/mol. The topological polar surface area (TPSA) is 76.2 Å². The number of likely N-dealkylation sites (tertiary alicyclic amines) is 2. The van der Waals surface area contributed by atoms with Crippen molar-refractivity contribution in [3.63, 3.8) is 0 Å². The fourth-order valence-corrected chi connectivity index (χ4v) is 5.94. The average molecular weight is 491 g/mol. The van der Waals surface area contributed by atoms with Crippen LogP contribution < -0.4 is 0 Å². The van der Waals surface area contributed by atoms with Crippen molar-refractivity contribution in [2.75, 3.05) is 19.6 Å². The molecule has 5 rings (SSSR count). The van der Waals surface area contributed by atoms with Gasteiger partial charge in [0.1, 0.15) is 12.7 Å². The van der Waals surface area contributed by atoms with Gasteiger partial charge in [-0.15, -0.1) is 0 Å². The summed E-state index contributed by atoms with van der Waals surface area (Å²) >= 11 is 0.